The lowest BCUT2D eigenvalue weighted by molar-refractivity contribution is -0.116. The Balaban J connectivity index is 1.92. The average molecular weight is 361 g/mol. The quantitative estimate of drug-likeness (QED) is 0.644. The van der Waals surface area contributed by atoms with E-state index in [9.17, 15) is 4.79 Å². The Morgan fingerprint density at radius 2 is 1.65 bits per heavy atom. The monoisotopic (exact) mass is 360 g/mol. The van der Waals surface area contributed by atoms with E-state index in [2.05, 4.69) is 23.2 Å². The molecular formula is C22H17ClN2O. The predicted molar refractivity (Wildman–Crippen MR) is 107 cm³/mol. The molecule has 0 spiro atoms. The van der Waals surface area contributed by atoms with Crippen LogP contribution in [0, 0.1) is 0 Å². The largest absolute Gasteiger partial charge is 0.313 e. The minimum atomic E-state index is -0.0317. The van der Waals surface area contributed by atoms with Gasteiger partial charge in [-0.15, -0.1) is 0 Å². The van der Waals surface area contributed by atoms with Crippen LogP contribution in [0.2, 0.25) is 5.02 Å². The van der Waals surface area contributed by atoms with Gasteiger partial charge in [0.05, 0.1) is 11.4 Å². The summed E-state index contributed by atoms with van der Waals surface area (Å²) in [6, 6.07) is 23.9. The number of carbonyl (C=O) groups is 1. The molecule has 3 aromatic rings. The molecule has 128 valence electrons. The highest BCUT2D eigenvalue weighted by molar-refractivity contribution is 6.31. The smallest absolute Gasteiger partial charge is 0.248 e. The average Bonchev–Trinajstić information content (AvgIpc) is 2.79. The Bertz CT molecular complexity index is 1010. The third kappa shape index (κ3) is 3.02. The van der Waals surface area contributed by atoms with Crippen LogP contribution in [0.5, 0.6) is 0 Å². The molecule has 0 radical (unpaired) electrons. The molecule has 0 unspecified atom stereocenters. The first-order valence-corrected chi connectivity index (χ1v) is 8.78. The first kappa shape index (κ1) is 16.6. The molecule has 3 aromatic carbocycles. The van der Waals surface area contributed by atoms with Crippen molar-refractivity contribution in [2.24, 2.45) is 4.99 Å². The van der Waals surface area contributed by atoms with Crippen LogP contribution < -0.4 is 4.90 Å². The third-order valence-electron chi connectivity index (χ3n) is 4.56. The maximum atomic E-state index is 12.4. The van der Waals surface area contributed by atoms with E-state index >= 15 is 0 Å². The number of aliphatic imine (C=N–C) groups is 1. The standard InChI is InChI=1S/C22H17ClN2O/c1-25-20-11-10-16(15-6-3-2-4-7-15)13-19(20)22(24-14-21(25)26)17-8-5-9-18(23)12-17/h2-13H,14H2,1H3. The highest BCUT2D eigenvalue weighted by atomic mass is 35.5. The van der Waals surface area contributed by atoms with Crippen molar-refractivity contribution in [1.29, 1.82) is 0 Å². The summed E-state index contributed by atoms with van der Waals surface area (Å²) in [5, 5.41) is 0.648. The highest BCUT2D eigenvalue weighted by Crippen LogP contribution is 2.31. The topological polar surface area (TPSA) is 32.7 Å². The molecule has 1 aliphatic heterocycles. The number of amides is 1. The molecule has 4 rings (SSSR count). The maximum Gasteiger partial charge on any atom is 0.248 e. The van der Waals surface area contributed by atoms with Crippen molar-refractivity contribution < 1.29 is 4.79 Å². The van der Waals surface area contributed by atoms with Crippen molar-refractivity contribution in [3.05, 3.63) is 88.9 Å². The normalized spacial score (nSPS) is 13.8. The van der Waals surface area contributed by atoms with E-state index in [1.54, 1.807) is 11.9 Å². The van der Waals surface area contributed by atoms with E-state index in [4.69, 9.17) is 11.6 Å². The van der Waals surface area contributed by atoms with Gasteiger partial charge in [-0.25, -0.2) is 0 Å². The zero-order valence-corrected chi connectivity index (χ0v) is 15.1. The molecule has 0 saturated heterocycles. The summed E-state index contributed by atoms with van der Waals surface area (Å²) in [6.07, 6.45) is 0. The number of hydrogen-bond donors (Lipinski definition) is 0. The van der Waals surface area contributed by atoms with Gasteiger partial charge in [0.2, 0.25) is 5.91 Å². The van der Waals surface area contributed by atoms with E-state index < -0.39 is 0 Å². The summed E-state index contributed by atoms with van der Waals surface area (Å²) in [5.74, 6) is -0.0317. The Hall–Kier alpha value is -2.91. The van der Waals surface area contributed by atoms with Crippen molar-refractivity contribution in [3.8, 4) is 11.1 Å². The van der Waals surface area contributed by atoms with Gasteiger partial charge in [0, 0.05) is 23.2 Å². The van der Waals surface area contributed by atoms with Crippen molar-refractivity contribution >= 4 is 28.9 Å². The zero-order chi connectivity index (χ0) is 18.1. The fourth-order valence-electron chi connectivity index (χ4n) is 3.18. The van der Waals surface area contributed by atoms with Crippen LogP contribution in [0.3, 0.4) is 0 Å². The minimum Gasteiger partial charge on any atom is -0.313 e. The van der Waals surface area contributed by atoms with Crippen molar-refractivity contribution in [3.63, 3.8) is 0 Å². The summed E-state index contributed by atoms with van der Waals surface area (Å²) < 4.78 is 0. The van der Waals surface area contributed by atoms with Crippen LogP contribution in [0.25, 0.3) is 11.1 Å². The molecule has 3 nitrogen and oxygen atoms in total. The second-order valence-electron chi connectivity index (χ2n) is 6.23. The van der Waals surface area contributed by atoms with Gasteiger partial charge in [0.15, 0.2) is 0 Å². The number of fused-ring (bicyclic) bond motifs is 1. The molecule has 0 aliphatic carbocycles. The Morgan fingerprint density at radius 1 is 0.885 bits per heavy atom. The molecule has 4 heteroatoms. The summed E-state index contributed by atoms with van der Waals surface area (Å²) in [6.45, 7) is 0.119. The second-order valence-corrected chi connectivity index (χ2v) is 6.66. The highest BCUT2D eigenvalue weighted by Gasteiger charge is 2.23. The summed E-state index contributed by atoms with van der Waals surface area (Å²) in [5.41, 5.74) is 5.69. The van der Waals surface area contributed by atoms with E-state index in [0.29, 0.717) is 5.02 Å². The van der Waals surface area contributed by atoms with Crippen LogP contribution in [-0.4, -0.2) is 25.2 Å². The third-order valence-corrected chi connectivity index (χ3v) is 4.80. The van der Waals surface area contributed by atoms with Gasteiger partial charge >= 0.3 is 0 Å². The fourth-order valence-corrected chi connectivity index (χ4v) is 3.37. The van der Waals surface area contributed by atoms with Gasteiger partial charge in [-0.2, -0.15) is 0 Å². The molecule has 0 bridgehead atoms. The summed E-state index contributed by atoms with van der Waals surface area (Å²) in [7, 11) is 1.79. The zero-order valence-electron chi connectivity index (χ0n) is 14.3. The maximum absolute atomic E-state index is 12.4. The van der Waals surface area contributed by atoms with Crippen molar-refractivity contribution in [2.75, 3.05) is 18.5 Å². The summed E-state index contributed by atoms with van der Waals surface area (Å²) in [4.78, 5) is 18.6. The van der Waals surface area contributed by atoms with Gasteiger partial charge in [-0.05, 0) is 35.4 Å². The van der Waals surface area contributed by atoms with Gasteiger partial charge in [-0.3, -0.25) is 9.79 Å². The molecule has 0 aromatic heterocycles. The van der Waals surface area contributed by atoms with Gasteiger partial charge in [0.25, 0.3) is 0 Å². The number of carbonyl (C=O) groups excluding carboxylic acids is 1. The molecule has 26 heavy (non-hydrogen) atoms. The van der Waals surface area contributed by atoms with Crippen LogP contribution in [0.15, 0.2) is 77.8 Å². The lowest BCUT2D eigenvalue weighted by Gasteiger charge is -2.19. The summed E-state index contributed by atoms with van der Waals surface area (Å²) >= 11 is 6.18. The number of benzene rings is 3. The predicted octanol–water partition coefficient (Wildman–Crippen LogP) is 4.82. The molecule has 1 heterocycles. The SMILES string of the molecule is CN1C(=O)CN=C(c2cccc(Cl)c2)c2cc(-c3ccccc3)ccc21. The van der Waals surface area contributed by atoms with Gasteiger partial charge < -0.3 is 4.90 Å². The lowest BCUT2D eigenvalue weighted by atomic mass is 9.95. The molecular weight excluding hydrogens is 344 g/mol. The Kier molecular flexibility index (Phi) is 4.31. The Labute approximate surface area is 157 Å². The molecule has 1 amide bonds. The number of hydrogen-bond acceptors (Lipinski definition) is 2. The number of likely N-dealkylation sites (N-methyl/N-ethyl adjacent to an activating group) is 1. The molecule has 0 saturated carbocycles. The van der Waals surface area contributed by atoms with E-state index in [-0.39, 0.29) is 12.5 Å². The Morgan fingerprint density at radius 3 is 2.42 bits per heavy atom. The van der Waals surface area contributed by atoms with Gasteiger partial charge in [-0.1, -0.05) is 60.1 Å². The van der Waals surface area contributed by atoms with Crippen LogP contribution >= 0.6 is 11.6 Å². The molecule has 0 fully saturated rings. The number of benzodiazepines with no additional fused rings is 1. The lowest BCUT2D eigenvalue weighted by Crippen LogP contribution is -2.27. The van der Waals surface area contributed by atoms with Crippen LogP contribution in [0.4, 0.5) is 5.69 Å². The second kappa shape index (κ2) is 6.77. The number of halogens is 1. The van der Waals surface area contributed by atoms with Crippen molar-refractivity contribution in [2.45, 2.75) is 0 Å². The first-order valence-electron chi connectivity index (χ1n) is 8.40. The van der Waals surface area contributed by atoms with Crippen LogP contribution in [0.1, 0.15) is 11.1 Å². The van der Waals surface area contributed by atoms with Gasteiger partial charge in [0.1, 0.15) is 6.54 Å². The molecule has 1 aliphatic rings. The number of anilines is 1. The fraction of sp³-hybridized carbons (Fsp3) is 0.0909. The van der Waals surface area contributed by atoms with E-state index in [0.717, 1.165) is 33.7 Å². The van der Waals surface area contributed by atoms with Crippen molar-refractivity contribution in [1.82, 2.24) is 0 Å². The van der Waals surface area contributed by atoms with Crippen LogP contribution in [-0.2, 0) is 4.79 Å². The van der Waals surface area contributed by atoms with E-state index in [1.807, 2.05) is 54.6 Å². The number of rotatable bonds is 2. The molecule has 0 atom stereocenters. The minimum absolute atomic E-state index is 0.0317. The molecule has 0 N–H and O–H groups in total. The first-order chi connectivity index (χ1) is 12.6. The van der Waals surface area contributed by atoms with E-state index in [1.165, 1.54) is 0 Å². The number of nitrogens with zero attached hydrogens (tertiary/aromatic N) is 2.